The summed E-state index contributed by atoms with van der Waals surface area (Å²) in [4.78, 5) is 22.2. The number of hydrogen-bond acceptors (Lipinski definition) is 4. The number of nitrogens with one attached hydrogen (secondary N) is 1. The van der Waals surface area contributed by atoms with Crippen molar-refractivity contribution < 1.29 is 23.1 Å². The third kappa shape index (κ3) is 3.57. The van der Waals surface area contributed by atoms with Gasteiger partial charge in [-0.2, -0.15) is 0 Å². The van der Waals surface area contributed by atoms with Gasteiger partial charge in [0.15, 0.2) is 9.84 Å². The van der Waals surface area contributed by atoms with Crippen LogP contribution in [-0.4, -0.2) is 38.2 Å². The predicted octanol–water partition coefficient (Wildman–Crippen LogP) is 0.911. The average molecular weight is 299 g/mol. The first kappa shape index (κ1) is 16.2. The van der Waals surface area contributed by atoms with E-state index in [9.17, 15) is 18.0 Å². The number of sulfone groups is 1. The van der Waals surface area contributed by atoms with Crippen molar-refractivity contribution in [3.05, 3.63) is 28.8 Å². The summed E-state index contributed by atoms with van der Waals surface area (Å²) in [5.41, 5.74) is 0.929. The number of rotatable bonds is 5. The summed E-state index contributed by atoms with van der Waals surface area (Å²) in [6.45, 7) is 3.21. The second-order valence-electron chi connectivity index (χ2n) is 4.48. The van der Waals surface area contributed by atoms with Crippen LogP contribution in [0.2, 0.25) is 0 Å². The van der Waals surface area contributed by atoms with Gasteiger partial charge < -0.3 is 10.4 Å². The Labute approximate surface area is 117 Å². The Morgan fingerprint density at radius 3 is 2.30 bits per heavy atom. The molecule has 0 aliphatic carbocycles. The van der Waals surface area contributed by atoms with Gasteiger partial charge in [-0.15, -0.1) is 0 Å². The summed E-state index contributed by atoms with van der Waals surface area (Å²) < 4.78 is 24.4. The molecule has 0 unspecified atom stereocenters. The molecule has 2 N–H and O–H groups in total. The van der Waals surface area contributed by atoms with E-state index in [4.69, 9.17) is 5.11 Å². The van der Waals surface area contributed by atoms with E-state index in [1.165, 1.54) is 13.1 Å². The lowest BCUT2D eigenvalue weighted by molar-refractivity contribution is -0.120. The van der Waals surface area contributed by atoms with Crippen LogP contribution < -0.4 is 5.32 Å². The van der Waals surface area contributed by atoms with E-state index >= 15 is 0 Å². The Kier molecular flexibility index (Phi) is 4.88. The lowest BCUT2D eigenvalue weighted by Gasteiger charge is -2.10. The van der Waals surface area contributed by atoms with Crippen molar-refractivity contribution in [2.75, 3.05) is 12.8 Å². The van der Waals surface area contributed by atoms with Gasteiger partial charge in [-0.1, -0.05) is 6.07 Å². The van der Waals surface area contributed by atoms with E-state index in [0.29, 0.717) is 11.1 Å². The molecule has 0 bridgehead atoms. The first-order valence-electron chi connectivity index (χ1n) is 5.97. The van der Waals surface area contributed by atoms with Gasteiger partial charge in [-0.25, -0.2) is 13.2 Å². The summed E-state index contributed by atoms with van der Waals surface area (Å²) >= 11 is 0. The molecule has 1 aromatic rings. The van der Waals surface area contributed by atoms with Gasteiger partial charge in [0, 0.05) is 13.5 Å². The van der Waals surface area contributed by atoms with E-state index in [1.54, 1.807) is 13.8 Å². The number of amides is 1. The molecule has 110 valence electrons. The zero-order valence-corrected chi connectivity index (χ0v) is 12.4. The quantitative estimate of drug-likeness (QED) is 0.841. The van der Waals surface area contributed by atoms with Crippen LogP contribution in [0, 0.1) is 13.8 Å². The summed E-state index contributed by atoms with van der Waals surface area (Å²) in [6, 6.07) is 2.68. The predicted molar refractivity (Wildman–Crippen MR) is 73.6 cm³/mol. The van der Waals surface area contributed by atoms with Gasteiger partial charge in [0.05, 0.1) is 16.2 Å². The monoisotopic (exact) mass is 299 g/mol. The number of benzene rings is 1. The molecule has 1 amide bonds. The molecule has 1 aromatic carbocycles. The fourth-order valence-electron chi connectivity index (χ4n) is 1.86. The van der Waals surface area contributed by atoms with E-state index in [2.05, 4.69) is 5.32 Å². The van der Waals surface area contributed by atoms with Gasteiger partial charge in [0.25, 0.3) is 0 Å². The molecular formula is C13H17NO5S. The highest BCUT2D eigenvalue weighted by Crippen LogP contribution is 2.22. The molecule has 0 saturated carbocycles. The molecule has 0 heterocycles. The van der Waals surface area contributed by atoms with Gasteiger partial charge in [-0.05, 0) is 31.0 Å². The Bertz CT molecular complexity index is 649. The van der Waals surface area contributed by atoms with Crippen LogP contribution in [0.5, 0.6) is 0 Å². The van der Waals surface area contributed by atoms with Crippen molar-refractivity contribution in [1.82, 2.24) is 5.32 Å². The van der Waals surface area contributed by atoms with Crippen molar-refractivity contribution in [2.45, 2.75) is 25.2 Å². The van der Waals surface area contributed by atoms with Crippen molar-refractivity contribution in [3.8, 4) is 0 Å². The smallest absolute Gasteiger partial charge is 0.335 e. The van der Waals surface area contributed by atoms with Crippen LogP contribution in [-0.2, 0) is 14.6 Å². The highest BCUT2D eigenvalue weighted by Gasteiger charge is 2.21. The minimum Gasteiger partial charge on any atom is -0.478 e. The topological polar surface area (TPSA) is 101 Å². The number of carboxylic acids is 1. The molecule has 0 aliphatic rings. The van der Waals surface area contributed by atoms with Crippen LogP contribution >= 0.6 is 0 Å². The molecule has 1 rings (SSSR count). The lowest BCUT2D eigenvalue weighted by Crippen LogP contribution is -2.22. The third-order valence-electron chi connectivity index (χ3n) is 2.96. The van der Waals surface area contributed by atoms with Crippen LogP contribution in [0.4, 0.5) is 0 Å². The fourth-order valence-corrected chi connectivity index (χ4v) is 3.38. The van der Waals surface area contributed by atoms with Crippen LogP contribution in [0.15, 0.2) is 17.0 Å². The van der Waals surface area contributed by atoms with E-state index in [1.807, 2.05) is 0 Å². The van der Waals surface area contributed by atoms with Gasteiger partial charge in [-0.3, -0.25) is 4.79 Å². The number of aryl methyl sites for hydroxylation is 2. The van der Waals surface area contributed by atoms with E-state index in [0.717, 1.165) is 6.07 Å². The molecule has 6 nitrogen and oxygen atoms in total. The standard InChI is InChI=1S/C13H17NO5S/c1-8-6-9(2)11(7-10(8)13(16)17)20(18,19)5-4-12(15)14-3/h6-7H,4-5H2,1-3H3,(H,14,15)(H,16,17). The van der Waals surface area contributed by atoms with Gasteiger partial charge in [0.2, 0.25) is 5.91 Å². The summed E-state index contributed by atoms with van der Waals surface area (Å²) in [7, 11) is -2.27. The first-order valence-corrected chi connectivity index (χ1v) is 7.62. The lowest BCUT2D eigenvalue weighted by atomic mass is 10.1. The van der Waals surface area contributed by atoms with Gasteiger partial charge in [0.1, 0.15) is 0 Å². The molecule has 0 aromatic heterocycles. The number of carboxylic acid groups (broad SMARTS) is 1. The maximum Gasteiger partial charge on any atom is 0.335 e. The SMILES string of the molecule is CNC(=O)CCS(=O)(=O)c1cc(C(=O)O)c(C)cc1C. The number of aromatic carboxylic acids is 1. The highest BCUT2D eigenvalue weighted by molar-refractivity contribution is 7.91. The summed E-state index contributed by atoms with van der Waals surface area (Å²) in [5, 5.41) is 11.4. The Morgan fingerprint density at radius 2 is 1.80 bits per heavy atom. The minimum atomic E-state index is -3.69. The molecule has 0 radical (unpaired) electrons. The largest absolute Gasteiger partial charge is 0.478 e. The molecular weight excluding hydrogens is 282 g/mol. The Hall–Kier alpha value is -1.89. The molecule has 0 fully saturated rings. The fraction of sp³-hybridized carbons (Fsp3) is 0.385. The molecule has 7 heteroatoms. The van der Waals surface area contributed by atoms with Crippen LogP contribution in [0.3, 0.4) is 0 Å². The third-order valence-corrected chi connectivity index (χ3v) is 4.82. The molecule has 0 spiro atoms. The summed E-state index contributed by atoms with van der Waals surface area (Å²) in [5.74, 6) is -1.91. The van der Waals surface area contributed by atoms with E-state index in [-0.39, 0.29) is 28.5 Å². The maximum absolute atomic E-state index is 12.2. The zero-order chi connectivity index (χ0) is 15.5. The maximum atomic E-state index is 12.2. The zero-order valence-electron chi connectivity index (χ0n) is 11.6. The second kappa shape index (κ2) is 6.04. The van der Waals surface area contributed by atoms with E-state index < -0.39 is 15.8 Å². The first-order chi connectivity index (χ1) is 9.19. The number of carbonyl (C=O) groups is 2. The Morgan fingerprint density at radius 1 is 1.20 bits per heavy atom. The second-order valence-corrected chi connectivity index (χ2v) is 6.56. The number of hydrogen-bond donors (Lipinski definition) is 2. The van der Waals surface area contributed by atoms with Gasteiger partial charge >= 0.3 is 5.97 Å². The number of carbonyl (C=O) groups excluding carboxylic acids is 1. The average Bonchev–Trinajstić information content (AvgIpc) is 2.35. The van der Waals surface area contributed by atoms with Crippen molar-refractivity contribution in [1.29, 1.82) is 0 Å². The van der Waals surface area contributed by atoms with Crippen molar-refractivity contribution in [2.24, 2.45) is 0 Å². The molecule has 0 aliphatic heterocycles. The minimum absolute atomic E-state index is 0.0376. The molecule has 0 atom stereocenters. The van der Waals surface area contributed by atoms with Crippen LogP contribution in [0.25, 0.3) is 0 Å². The normalized spacial score (nSPS) is 11.2. The molecule has 20 heavy (non-hydrogen) atoms. The Balaban J connectivity index is 3.21. The van der Waals surface area contributed by atoms with Crippen molar-refractivity contribution in [3.63, 3.8) is 0 Å². The summed E-state index contributed by atoms with van der Waals surface area (Å²) in [6.07, 6.45) is -0.158. The highest BCUT2D eigenvalue weighted by atomic mass is 32.2. The van der Waals surface area contributed by atoms with Crippen LogP contribution in [0.1, 0.15) is 27.9 Å². The van der Waals surface area contributed by atoms with Crippen molar-refractivity contribution >= 4 is 21.7 Å². The molecule has 0 saturated heterocycles.